The van der Waals surface area contributed by atoms with Gasteiger partial charge in [-0.15, -0.1) is 0 Å². The molecule has 2 saturated heterocycles. The van der Waals surface area contributed by atoms with Gasteiger partial charge in [0.1, 0.15) is 12.2 Å². The van der Waals surface area contributed by atoms with Crippen molar-refractivity contribution in [3.8, 4) is 0 Å². The van der Waals surface area contributed by atoms with Crippen molar-refractivity contribution >= 4 is 51.3 Å². The number of hydrogen-bond donors (Lipinski definition) is 0. The van der Waals surface area contributed by atoms with E-state index in [4.69, 9.17) is 18.5 Å². The minimum absolute atomic E-state index is 0.794. The Bertz CT molecular complexity index is 2390. The Balaban J connectivity index is 1.30. The molecule has 6 heteroatoms. The number of benzene rings is 8. The lowest BCUT2D eigenvalue weighted by Gasteiger charge is -2.39. The van der Waals surface area contributed by atoms with Gasteiger partial charge in [-0.3, -0.25) is 0 Å². The first kappa shape index (κ1) is 32.4. The largest absolute Gasteiger partial charge is 0.700 e. The number of ether oxygens (including phenoxy) is 2. The van der Waals surface area contributed by atoms with E-state index in [-0.39, 0.29) is 0 Å². The molecule has 5 nitrogen and oxygen atoms in total. The van der Waals surface area contributed by atoms with Gasteiger partial charge in [0.05, 0.1) is 0 Å². The summed E-state index contributed by atoms with van der Waals surface area (Å²) in [7, 11) is -2.83. The summed E-state index contributed by atoms with van der Waals surface area (Å²) in [5.41, 5.74) is 0.334. The summed E-state index contributed by atoms with van der Waals surface area (Å²) in [6.07, 6.45) is -1.67. The molecule has 0 radical (unpaired) electrons. The summed E-state index contributed by atoms with van der Waals surface area (Å²) in [6.45, 7) is 3.86. The van der Waals surface area contributed by atoms with E-state index in [1.807, 2.05) is 62.4 Å². The van der Waals surface area contributed by atoms with Crippen LogP contribution in [0.15, 0.2) is 170 Å². The third kappa shape index (κ3) is 5.15. The van der Waals surface area contributed by atoms with Crippen LogP contribution in [0.4, 0.5) is 0 Å². The summed E-state index contributed by atoms with van der Waals surface area (Å²) in [4.78, 5) is 0. The minimum Gasteiger partial charge on any atom is -0.340 e. The molecule has 0 bridgehead atoms. The zero-order valence-electron chi connectivity index (χ0n) is 29.3. The topological polar surface area (TPSA) is 54.0 Å². The molecule has 2 heterocycles. The zero-order valence-corrected chi connectivity index (χ0v) is 30.2. The van der Waals surface area contributed by atoms with Gasteiger partial charge in [0.2, 0.25) is 11.2 Å². The van der Waals surface area contributed by atoms with Crippen molar-refractivity contribution in [1.29, 1.82) is 0 Å². The van der Waals surface area contributed by atoms with Gasteiger partial charge in [-0.25, -0.2) is 0 Å². The van der Waals surface area contributed by atoms with Gasteiger partial charge in [-0.2, -0.15) is 0 Å². The van der Waals surface area contributed by atoms with Crippen molar-refractivity contribution in [3.05, 3.63) is 192 Å². The fourth-order valence-electron chi connectivity index (χ4n) is 8.60. The van der Waals surface area contributed by atoms with Gasteiger partial charge in [0.15, 0.2) is 5.79 Å². The quantitative estimate of drug-likeness (QED) is 0.170. The van der Waals surface area contributed by atoms with Crippen LogP contribution in [0, 0.1) is 0 Å². The molecule has 8 aromatic carbocycles. The van der Waals surface area contributed by atoms with E-state index in [1.54, 1.807) is 0 Å². The van der Waals surface area contributed by atoms with E-state index >= 15 is 4.57 Å². The average molecular weight is 712 g/mol. The molecule has 0 saturated carbocycles. The van der Waals surface area contributed by atoms with Gasteiger partial charge in [-0.1, -0.05) is 155 Å². The van der Waals surface area contributed by atoms with Crippen molar-refractivity contribution in [3.63, 3.8) is 0 Å². The summed E-state index contributed by atoms with van der Waals surface area (Å²) in [5.74, 6) is -1.07. The molecular weight excluding hydrogens is 675 g/mol. The van der Waals surface area contributed by atoms with Crippen molar-refractivity contribution < 1.29 is 23.1 Å². The first-order chi connectivity index (χ1) is 25.8. The third-order valence-corrected chi connectivity index (χ3v) is 11.9. The van der Waals surface area contributed by atoms with Crippen LogP contribution in [-0.4, -0.2) is 18.0 Å². The fourth-order valence-corrected chi connectivity index (χ4v) is 9.73. The molecule has 0 aliphatic carbocycles. The van der Waals surface area contributed by atoms with Crippen LogP contribution < -0.4 is 0 Å². The lowest BCUT2D eigenvalue weighted by atomic mass is 9.71. The smallest absolute Gasteiger partial charge is 0.340 e. The van der Waals surface area contributed by atoms with E-state index in [2.05, 4.69) is 121 Å². The van der Waals surface area contributed by atoms with Crippen LogP contribution in [-0.2, 0) is 34.3 Å². The highest BCUT2D eigenvalue weighted by molar-refractivity contribution is 7.33. The van der Waals surface area contributed by atoms with Crippen LogP contribution >= 0.6 is 8.25 Å². The van der Waals surface area contributed by atoms with Gasteiger partial charge < -0.3 is 9.47 Å². The van der Waals surface area contributed by atoms with Crippen LogP contribution in [0.2, 0.25) is 0 Å². The maximum atomic E-state index is 15.0. The van der Waals surface area contributed by atoms with Crippen molar-refractivity contribution in [2.24, 2.45) is 0 Å². The number of fused-ring (bicyclic) bond motifs is 5. The molecule has 2 aliphatic rings. The molecule has 53 heavy (non-hydrogen) atoms. The van der Waals surface area contributed by atoms with Crippen molar-refractivity contribution in [1.82, 2.24) is 0 Å². The van der Waals surface area contributed by atoms with E-state index in [9.17, 15) is 0 Å². The first-order valence-electron chi connectivity index (χ1n) is 18.0. The van der Waals surface area contributed by atoms with Crippen LogP contribution in [0.25, 0.3) is 43.1 Å². The van der Waals surface area contributed by atoms with Gasteiger partial charge in [0.25, 0.3) is 0 Å². The molecule has 0 unspecified atom stereocenters. The Kier molecular flexibility index (Phi) is 7.42. The highest BCUT2D eigenvalue weighted by atomic mass is 31.1. The molecule has 0 aromatic heterocycles. The maximum absolute atomic E-state index is 15.0. The summed E-state index contributed by atoms with van der Waals surface area (Å²) in [5, 5.41) is 8.45. The molecule has 0 amide bonds. The van der Waals surface area contributed by atoms with Crippen molar-refractivity contribution in [2.45, 2.75) is 43.0 Å². The van der Waals surface area contributed by atoms with Crippen molar-refractivity contribution in [2.75, 3.05) is 0 Å². The molecular formula is C47H36O5P+. The predicted molar refractivity (Wildman–Crippen MR) is 211 cm³/mol. The highest BCUT2D eigenvalue weighted by Crippen LogP contribution is 2.62. The molecule has 258 valence electrons. The summed E-state index contributed by atoms with van der Waals surface area (Å²) < 4.78 is 43.4. The molecule has 0 N–H and O–H groups in total. The Morgan fingerprint density at radius 1 is 0.396 bits per heavy atom. The van der Waals surface area contributed by atoms with Crippen LogP contribution in [0.5, 0.6) is 0 Å². The molecule has 8 aromatic rings. The molecule has 2 fully saturated rings. The normalized spacial score (nSPS) is 20.5. The molecule has 2 aliphatic heterocycles. The van der Waals surface area contributed by atoms with Gasteiger partial charge >= 0.3 is 8.25 Å². The van der Waals surface area contributed by atoms with E-state index in [1.165, 1.54) is 0 Å². The highest BCUT2D eigenvalue weighted by Gasteiger charge is 2.71. The summed E-state index contributed by atoms with van der Waals surface area (Å²) >= 11 is 0. The standard InChI is InChI=1S/C47H36O5P/c1-45(2)49-43-44(50-45)47(41-25-21-33-13-5-9-17-37(33)29-41,42-26-22-34-14-6-10-18-38(34)30-42)52-53(48)51-46(43,39-23-19-31-11-3-7-15-35(31)27-39)40-24-20-32-12-4-8-16-36(32)28-40/h3-30,43-44H,1-2H3/q+1/t43-,44-/m0/s1. The second-order valence-corrected chi connectivity index (χ2v) is 15.4. The molecule has 10 rings (SSSR count). The monoisotopic (exact) mass is 711 g/mol. The van der Waals surface area contributed by atoms with E-state index in [0.29, 0.717) is 0 Å². The van der Waals surface area contributed by atoms with Gasteiger partial charge in [-0.05, 0) is 103 Å². The third-order valence-electron chi connectivity index (χ3n) is 11.0. The van der Waals surface area contributed by atoms with E-state index < -0.39 is 37.5 Å². The Labute approximate surface area is 308 Å². The van der Waals surface area contributed by atoms with Gasteiger partial charge in [0, 0.05) is 4.57 Å². The fraction of sp³-hybridized carbons (Fsp3) is 0.149. The SMILES string of the molecule is CC1(C)O[C@H]2[C@H](O1)C(c1ccc3ccccc3c1)(c1ccc3ccccc3c1)O[P+](=O)OC2(c1ccc2ccccc2c1)c1ccc2ccccc2c1. The molecule has 0 spiro atoms. The predicted octanol–water partition coefficient (Wildman–Crippen LogP) is 11.7. The second-order valence-electron chi connectivity index (χ2n) is 14.6. The Hall–Kier alpha value is -5.26. The average Bonchev–Trinajstić information content (AvgIpc) is 3.48. The number of rotatable bonds is 4. The lowest BCUT2D eigenvalue weighted by molar-refractivity contribution is -0.174. The Morgan fingerprint density at radius 3 is 0.943 bits per heavy atom. The lowest BCUT2D eigenvalue weighted by Crippen LogP contribution is -2.53. The zero-order chi connectivity index (χ0) is 35.8. The Morgan fingerprint density at radius 2 is 0.660 bits per heavy atom. The molecule has 2 atom stereocenters. The first-order valence-corrected chi connectivity index (χ1v) is 19.1. The number of hydrogen-bond acceptors (Lipinski definition) is 5. The minimum atomic E-state index is -2.83. The van der Waals surface area contributed by atoms with Crippen LogP contribution in [0.3, 0.4) is 0 Å². The maximum Gasteiger partial charge on any atom is 0.700 e. The van der Waals surface area contributed by atoms with E-state index in [0.717, 1.165) is 65.3 Å². The summed E-state index contributed by atoms with van der Waals surface area (Å²) in [6, 6.07) is 58.0. The second kappa shape index (κ2) is 12.1. The van der Waals surface area contributed by atoms with Crippen LogP contribution in [0.1, 0.15) is 36.1 Å².